The Bertz CT molecular complexity index is 590. The molecule has 0 aliphatic rings. The number of carboxylic acid groups (broad SMARTS) is 1. The number of primary amides is 1. The zero-order valence-corrected chi connectivity index (χ0v) is 8.31. The fraction of sp³-hybridized carbons (Fsp3) is 0. The third-order valence-corrected chi connectivity index (χ3v) is 2.40. The molecule has 2 aromatic rings. The fourth-order valence-electron chi connectivity index (χ4n) is 1.62. The van der Waals surface area contributed by atoms with Crippen molar-refractivity contribution in [3.05, 3.63) is 47.5 Å². The molecule has 0 unspecified atom stereocenters. The Morgan fingerprint density at radius 1 is 1.12 bits per heavy atom. The van der Waals surface area contributed by atoms with Crippen molar-refractivity contribution in [2.45, 2.75) is 0 Å². The highest BCUT2D eigenvalue weighted by Crippen LogP contribution is 2.20. The van der Waals surface area contributed by atoms with Crippen LogP contribution >= 0.6 is 0 Å². The first-order chi connectivity index (χ1) is 7.59. The number of aromatic carboxylic acids is 1. The van der Waals surface area contributed by atoms with Crippen LogP contribution in [-0.2, 0) is 0 Å². The van der Waals surface area contributed by atoms with Crippen LogP contribution in [0.1, 0.15) is 20.7 Å². The first kappa shape index (κ1) is 10.2. The molecule has 0 saturated carbocycles. The van der Waals surface area contributed by atoms with Crippen molar-refractivity contribution in [1.29, 1.82) is 0 Å². The number of carbonyl (C=O) groups excluding carboxylic acids is 1. The summed E-state index contributed by atoms with van der Waals surface area (Å²) in [6.07, 6.45) is 0. The van der Waals surface area contributed by atoms with Gasteiger partial charge in [-0.2, -0.15) is 0 Å². The highest BCUT2D eigenvalue weighted by Gasteiger charge is 2.09. The summed E-state index contributed by atoms with van der Waals surface area (Å²) >= 11 is 0. The molecular formula is C12H9NO3. The Kier molecular flexibility index (Phi) is 2.32. The van der Waals surface area contributed by atoms with Gasteiger partial charge < -0.3 is 10.8 Å². The number of benzene rings is 2. The molecule has 0 saturated heterocycles. The molecule has 0 spiro atoms. The summed E-state index contributed by atoms with van der Waals surface area (Å²) in [6.45, 7) is 0. The molecule has 0 aliphatic carbocycles. The van der Waals surface area contributed by atoms with Crippen molar-refractivity contribution in [1.82, 2.24) is 0 Å². The summed E-state index contributed by atoms with van der Waals surface area (Å²) in [7, 11) is 0. The monoisotopic (exact) mass is 215 g/mol. The third kappa shape index (κ3) is 1.61. The quantitative estimate of drug-likeness (QED) is 0.799. The molecule has 0 radical (unpaired) electrons. The molecule has 3 N–H and O–H groups in total. The topological polar surface area (TPSA) is 80.4 Å². The number of carboxylic acids is 1. The molecule has 2 aromatic carbocycles. The number of hydrogen-bond acceptors (Lipinski definition) is 2. The van der Waals surface area contributed by atoms with Gasteiger partial charge in [0.25, 0.3) is 0 Å². The highest BCUT2D eigenvalue weighted by molar-refractivity contribution is 6.05. The normalized spacial score (nSPS) is 10.2. The van der Waals surface area contributed by atoms with Crippen LogP contribution in [0, 0.1) is 0 Å². The van der Waals surface area contributed by atoms with E-state index in [1.54, 1.807) is 24.3 Å². The summed E-state index contributed by atoms with van der Waals surface area (Å²) in [5, 5.41) is 10.3. The lowest BCUT2D eigenvalue weighted by Crippen LogP contribution is -2.10. The second-order valence-electron chi connectivity index (χ2n) is 3.41. The standard InChI is InChI=1S/C12H9NO3/c13-11(14)8-4-5-9-7(6-8)2-1-3-10(9)12(15)16/h1-6H,(H2,13,14)(H,15,16). The molecule has 4 nitrogen and oxygen atoms in total. The minimum absolute atomic E-state index is 0.216. The molecule has 1 amide bonds. The van der Waals surface area contributed by atoms with Gasteiger partial charge in [-0.25, -0.2) is 4.79 Å². The van der Waals surface area contributed by atoms with Crippen molar-refractivity contribution in [2.75, 3.05) is 0 Å². The lowest BCUT2D eigenvalue weighted by molar-refractivity contribution is 0.0699. The number of amides is 1. The molecule has 80 valence electrons. The van der Waals surface area contributed by atoms with E-state index in [0.717, 1.165) is 0 Å². The van der Waals surface area contributed by atoms with Gasteiger partial charge in [-0.3, -0.25) is 4.79 Å². The average Bonchev–Trinajstić information content (AvgIpc) is 2.27. The number of nitrogens with two attached hydrogens (primary N) is 1. The molecule has 0 fully saturated rings. The van der Waals surface area contributed by atoms with Crippen LogP contribution < -0.4 is 5.73 Å². The van der Waals surface area contributed by atoms with Gasteiger partial charge in [0.1, 0.15) is 0 Å². The van der Waals surface area contributed by atoms with Crippen molar-refractivity contribution in [3.63, 3.8) is 0 Å². The van der Waals surface area contributed by atoms with Gasteiger partial charge in [0, 0.05) is 5.56 Å². The van der Waals surface area contributed by atoms with Gasteiger partial charge in [0.15, 0.2) is 0 Å². The van der Waals surface area contributed by atoms with Gasteiger partial charge in [0.2, 0.25) is 5.91 Å². The van der Waals surface area contributed by atoms with E-state index in [4.69, 9.17) is 10.8 Å². The lowest BCUT2D eigenvalue weighted by Gasteiger charge is -2.03. The number of hydrogen-bond donors (Lipinski definition) is 2. The molecule has 2 rings (SSSR count). The number of rotatable bonds is 2. The van der Waals surface area contributed by atoms with Gasteiger partial charge in [-0.1, -0.05) is 18.2 Å². The van der Waals surface area contributed by atoms with E-state index < -0.39 is 11.9 Å². The van der Waals surface area contributed by atoms with Crippen molar-refractivity contribution in [3.8, 4) is 0 Å². The van der Waals surface area contributed by atoms with Crippen molar-refractivity contribution in [2.24, 2.45) is 5.73 Å². The smallest absolute Gasteiger partial charge is 0.336 e. The third-order valence-electron chi connectivity index (χ3n) is 2.40. The Labute approximate surface area is 91.3 Å². The van der Waals surface area contributed by atoms with E-state index in [0.29, 0.717) is 16.3 Å². The highest BCUT2D eigenvalue weighted by atomic mass is 16.4. The molecule has 0 aromatic heterocycles. The Balaban J connectivity index is 2.73. The predicted octanol–water partition coefficient (Wildman–Crippen LogP) is 1.64. The minimum atomic E-state index is -0.988. The van der Waals surface area contributed by atoms with Gasteiger partial charge in [-0.15, -0.1) is 0 Å². The predicted molar refractivity (Wildman–Crippen MR) is 59.4 cm³/mol. The molecule has 16 heavy (non-hydrogen) atoms. The minimum Gasteiger partial charge on any atom is -0.478 e. The van der Waals surface area contributed by atoms with Gasteiger partial charge in [0.05, 0.1) is 5.56 Å². The lowest BCUT2D eigenvalue weighted by atomic mass is 10.0. The van der Waals surface area contributed by atoms with Crippen LogP contribution in [0.15, 0.2) is 36.4 Å². The van der Waals surface area contributed by atoms with Crippen LogP contribution in [0.25, 0.3) is 10.8 Å². The van der Waals surface area contributed by atoms with Crippen LogP contribution in [0.3, 0.4) is 0 Å². The SMILES string of the molecule is NC(=O)c1ccc2c(C(=O)O)cccc2c1. The zero-order valence-electron chi connectivity index (χ0n) is 8.31. The maximum absolute atomic E-state index is 11.0. The molecule has 0 bridgehead atoms. The van der Waals surface area contributed by atoms with Crippen molar-refractivity contribution < 1.29 is 14.7 Å². The summed E-state index contributed by atoms with van der Waals surface area (Å²) < 4.78 is 0. The average molecular weight is 215 g/mol. The summed E-state index contributed by atoms with van der Waals surface area (Å²) in [5.74, 6) is -1.51. The van der Waals surface area contributed by atoms with Gasteiger partial charge >= 0.3 is 5.97 Å². The molecule has 4 heteroatoms. The molecule has 0 aliphatic heterocycles. The van der Waals surface area contributed by atoms with Crippen LogP contribution in [-0.4, -0.2) is 17.0 Å². The van der Waals surface area contributed by atoms with Gasteiger partial charge in [-0.05, 0) is 29.0 Å². The molecular weight excluding hydrogens is 206 g/mol. The second kappa shape index (κ2) is 3.66. The fourth-order valence-corrected chi connectivity index (χ4v) is 1.62. The van der Waals surface area contributed by atoms with Crippen molar-refractivity contribution >= 4 is 22.6 Å². The largest absolute Gasteiger partial charge is 0.478 e. The van der Waals surface area contributed by atoms with E-state index in [-0.39, 0.29) is 5.56 Å². The summed E-state index contributed by atoms with van der Waals surface area (Å²) in [5.41, 5.74) is 5.73. The number of carbonyl (C=O) groups is 2. The van der Waals surface area contributed by atoms with E-state index in [1.165, 1.54) is 12.1 Å². The Morgan fingerprint density at radius 2 is 1.88 bits per heavy atom. The first-order valence-electron chi connectivity index (χ1n) is 4.65. The summed E-state index contributed by atoms with van der Waals surface area (Å²) in [6, 6.07) is 9.61. The zero-order chi connectivity index (χ0) is 11.7. The Hall–Kier alpha value is -2.36. The molecule has 0 heterocycles. The Morgan fingerprint density at radius 3 is 2.50 bits per heavy atom. The second-order valence-corrected chi connectivity index (χ2v) is 3.41. The van der Waals surface area contributed by atoms with E-state index in [9.17, 15) is 9.59 Å². The van der Waals surface area contributed by atoms with E-state index in [1.807, 2.05) is 0 Å². The first-order valence-corrected chi connectivity index (χ1v) is 4.65. The van der Waals surface area contributed by atoms with Crippen LogP contribution in [0.4, 0.5) is 0 Å². The van der Waals surface area contributed by atoms with E-state index >= 15 is 0 Å². The maximum Gasteiger partial charge on any atom is 0.336 e. The molecule has 0 atom stereocenters. The summed E-state index contributed by atoms with van der Waals surface area (Å²) in [4.78, 5) is 21.9. The van der Waals surface area contributed by atoms with E-state index in [2.05, 4.69) is 0 Å². The van der Waals surface area contributed by atoms with Crippen LogP contribution in [0.2, 0.25) is 0 Å². The van der Waals surface area contributed by atoms with Crippen LogP contribution in [0.5, 0.6) is 0 Å². The maximum atomic E-state index is 11.0. The number of fused-ring (bicyclic) bond motifs is 1.